The van der Waals surface area contributed by atoms with E-state index in [9.17, 15) is 14.4 Å². The summed E-state index contributed by atoms with van der Waals surface area (Å²) in [5.74, 6) is -1.22. The van der Waals surface area contributed by atoms with E-state index in [0.717, 1.165) is 25.7 Å². The van der Waals surface area contributed by atoms with Crippen LogP contribution < -0.4 is 10.1 Å². The maximum atomic E-state index is 12.3. The molecule has 1 aromatic rings. The number of benzene rings is 1. The summed E-state index contributed by atoms with van der Waals surface area (Å²) in [6, 6.07) is 4.40. The standard InChI is InChI=1S/C19H25NO6/c1-12(17(21)20-15-7-5-4-6-8-15)26-16-10-13(18(22)24-2)9-14(11-16)19(23)25-3/h9-12,15H,4-8H2,1-3H3,(H,20,21)/t12-/m0/s1. The van der Waals surface area contributed by atoms with Crippen molar-refractivity contribution in [3.8, 4) is 5.75 Å². The summed E-state index contributed by atoms with van der Waals surface area (Å²) < 4.78 is 15.0. The minimum Gasteiger partial charge on any atom is -0.481 e. The molecule has 0 heterocycles. The Hall–Kier alpha value is -2.57. The van der Waals surface area contributed by atoms with Crippen LogP contribution in [-0.2, 0) is 14.3 Å². The molecule has 1 saturated carbocycles. The molecule has 7 heteroatoms. The molecular formula is C19H25NO6. The highest BCUT2D eigenvalue weighted by Gasteiger charge is 2.22. The highest BCUT2D eigenvalue weighted by atomic mass is 16.5. The first-order valence-corrected chi connectivity index (χ1v) is 8.73. The average molecular weight is 363 g/mol. The summed E-state index contributed by atoms with van der Waals surface area (Å²) in [5, 5.41) is 2.99. The number of amides is 1. The summed E-state index contributed by atoms with van der Waals surface area (Å²) in [6.07, 6.45) is 4.62. The Morgan fingerprint density at radius 1 is 0.962 bits per heavy atom. The van der Waals surface area contributed by atoms with Gasteiger partial charge in [0.1, 0.15) is 5.75 Å². The van der Waals surface area contributed by atoms with E-state index < -0.39 is 18.0 Å². The molecule has 0 aromatic heterocycles. The van der Waals surface area contributed by atoms with Crippen molar-refractivity contribution in [1.82, 2.24) is 5.32 Å². The molecule has 1 N–H and O–H groups in total. The summed E-state index contributed by atoms with van der Waals surface area (Å²) >= 11 is 0. The molecule has 1 fully saturated rings. The molecule has 1 amide bonds. The first-order chi connectivity index (χ1) is 12.4. The topological polar surface area (TPSA) is 90.9 Å². The fraction of sp³-hybridized carbons (Fsp3) is 0.526. The lowest BCUT2D eigenvalue weighted by Crippen LogP contribution is -2.43. The van der Waals surface area contributed by atoms with Crippen LogP contribution >= 0.6 is 0 Å². The second kappa shape index (κ2) is 9.22. The Morgan fingerprint density at radius 3 is 2.00 bits per heavy atom. The molecule has 26 heavy (non-hydrogen) atoms. The maximum Gasteiger partial charge on any atom is 0.338 e. The molecule has 1 atom stereocenters. The van der Waals surface area contributed by atoms with Crippen molar-refractivity contribution in [3.63, 3.8) is 0 Å². The minimum atomic E-state index is -0.768. The molecular weight excluding hydrogens is 338 g/mol. The van der Waals surface area contributed by atoms with E-state index in [0.29, 0.717) is 0 Å². The molecule has 7 nitrogen and oxygen atoms in total. The van der Waals surface area contributed by atoms with Crippen molar-refractivity contribution in [1.29, 1.82) is 0 Å². The Labute approximate surface area is 153 Å². The van der Waals surface area contributed by atoms with Crippen LogP contribution in [0.25, 0.3) is 0 Å². The number of methoxy groups -OCH3 is 2. The van der Waals surface area contributed by atoms with Crippen molar-refractivity contribution in [2.45, 2.75) is 51.2 Å². The van der Waals surface area contributed by atoms with E-state index in [2.05, 4.69) is 14.8 Å². The number of esters is 2. The van der Waals surface area contributed by atoms with E-state index >= 15 is 0 Å². The molecule has 0 bridgehead atoms. The highest BCUT2D eigenvalue weighted by Crippen LogP contribution is 2.21. The molecule has 0 radical (unpaired) electrons. The number of ether oxygens (including phenoxy) is 3. The van der Waals surface area contributed by atoms with Gasteiger partial charge in [-0.25, -0.2) is 9.59 Å². The minimum absolute atomic E-state index is 0.144. The lowest BCUT2D eigenvalue weighted by Gasteiger charge is -2.24. The van der Waals surface area contributed by atoms with Gasteiger partial charge in [0.15, 0.2) is 6.10 Å². The molecule has 0 saturated heterocycles. The molecule has 142 valence electrons. The van der Waals surface area contributed by atoms with Crippen LogP contribution in [0.4, 0.5) is 0 Å². The van der Waals surface area contributed by atoms with Crippen molar-refractivity contribution in [2.24, 2.45) is 0 Å². The number of hydrogen-bond donors (Lipinski definition) is 1. The zero-order valence-electron chi connectivity index (χ0n) is 15.4. The highest BCUT2D eigenvalue weighted by molar-refractivity contribution is 5.96. The van der Waals surface area contributed by atoms with Crippen molar-refractivity contribution >= 4 is 17.8 Å². The SMILES string of the molecule is COC(=O)c1cc(O[C@@H](C)C(=O)NC2CCCCC2)cc(C(=O)OC)c1. The Balaban J connectivity index is 2.11. The molecule has 0 spiro atoms. The third-order valence-electron chi connectivity index (χ3n) is 4.38. The van der Waals surface area contributed by atoms with Gasteiger partial charge >= 0.3 is 11.9 Å². The Morgan fingerprint density at radius 2 is 1.50 bits per heavy atom. The smallest absolute Gasteiger partial charge is 0.338 e. The van der Waals surface area contributed by atoms with Crippen LogP contribution in [0.15, 0.2) is 18.2 Å². The Kier molecular flexibility index (Phi) is 7.00. The van der Waals surface area contributed by atoms with Crippen molar-refractivity contribution in [2.75, 3.05) is 14.2 Å². The van der Waals surface area contributed by atoms with Crippen LogP contribution in [0.1, 0.15) is 59.7 Å². The second-order valence-corrected chi connectivity index (χ2v) is 6.33. The third-order valence-corrected chi connectivity index (χ3v) is 4.38. The number of carbonyl (C=O) groups excluding carboxylic acids is 3. The number of rotatable bonds is 6. The van der Waals surface area contributed by atoms with Gasteiger partial charge in [-0.3, -0.25) is 4.79 Å². The van der Waals surface area contributed by atoms with Gasteiger partial charge in [0, 0.05) is 6.04 Å². The second-order valence-electron chi connectivity index (χ2n) is 6.33. The Bertz CT molecular complexity index is 632. The monoisotopic (exact) mass is 363 g/mol. The number of hydrogen-bond acceptors (Lipinski definition) is 6. The first kappa shape index (κ1) is 19.8. The molecule has 1 aromatic carbocycles. The fourth-order valence-electron chi connectivity index (χ4n) is 2.96. The summed E-state index contributed by atoms with van der Waals surface area (Å²) in [7, 11) is 2.49. The van der Waals surface area contributed by atoms with Gasteiger partial charge in [-0.1, -0.05) is 19.3 Å². The number of nitrogens with one attached hydrogen (secondary N) is 1. The summed E-state index contributed by atoms with van der Waals surface area (Å²) in [4.78, 5) is 36.0. The first-order valence-electron chi connectivity index (χ1n) is 8.73. The largest absolute Gasteiger partial charge is 0.481 e. The lowest BCUT2D eigenvalue weighted by molar-refractivity contribution is -0.128. The van der Waals surface area contributed by atoms with Gasteiger partial charge in [-0.15, -0.1) is 0 Å². The molecule has 1 aliphatic rings. The molecule has 0 unspecified atom stereocenters. The molecule has 2 rings (SSSR count). The third kappa shape index (κ3) is 5.21. The number of carbonyl (C=O) groups is 3. The van der Waals surface area contributed by atoms with Gasteiger partial charge in [-0.05, 0) is 38.0 Å². The molecule has 0 aliphatic heterocycles. The van der Waals surface area contributed by atoms with Crippen LogP contribution in [0.5, 0.6) is 5.75 Å². The summed E-state index contributed by atoms with van der Waals surface area (Å²) in [5.41, 5.74) is 0.288. The predicted molar refractivity (Wildman–Crippen MR) is 94.2 cm³/mol. The maximum absolute atomic E-state index is 12.3. The van der Waals surface area contributed by atoms with Crippen molar-refractivity contribution < 1.29 is 28.6 Å². The van der Waals surface area contributed by atoms with Crippen LogP contribution in [0.2, 0.25) is 0 Å². The van der Waals surface area contributed by atoms with E-state index in [1.165, 1.54) is 38.8 Å². The summed E-state index contributed by atoms with van der Waals surface area (Å²) in [6.45, 7) is 1.63. The van der Waals surface area contributed by atoms with Crippen LogP contribution in [0.3, 0.4) is 0 Å². The molecule has 1 aliphatic carbocycles. The fourth-order valence-corrected chi connectivity index (χ4v) is 2.96. The van der Waals surface area contributed by atoms with E-state index in [1.54, 1.807) is 6.92 Å². The average Bonchev–Trinajstić information content (AvgIpc) is 2.67. The van der Waals surface area contributed by atoms with E-state index in [1.807, 2.05) is 0 Å². The van der Waals surface area contributed by atoms with Crippen LogP contribution in [0, 0.1) is 0 Å². The quantitative estimate of drug-likeness (QED) is 0.781. The normalized spacial score (nSPS) is 15.7. The predicted octanol–water partition coefficient (Wildman–Crippen LogP) is 2.48. The van der Waals surface area contributed by atoms with E-state index in [-0.39, 0.29) is 28.8 Å². The van der Waals surface area contributed by atoms with Gasteiger partial charge < -0.3 is 19.5 Å². The zero-order valence-corrected chi connectivity index (χ0v) is 15.4. The van der Waals surface area contributed by atoms with Gasteiger partial charge in [0.25, 0.3) is 5.91 Å². The van der Waals surface area contributed by atoms with Crippen molar-refractivity contribution in [3.05, 3.63) is 29.3 Å². The van der Waals surface area contributed by atoms with Gasteiger partial charge in [0.05, 0.1) is 25.3 Å². The van der Waals surface area contributed by atoms with Gasteiger partial charge in [-0.2, -0.15) is 0 Å². The van der Waals surface area contributed by atoms with Crippen LogP contribution in [-0.4, -0.2) is 44.2 Å². The lowest BCUT2D eigenvalue weighted by atomic mass is 9.95. The zero-order chi connectivity index (χ0) is 19.1. The van der Waals surface area contributed by atoms with Gasteiger partial charge in [0.2, 0.25) is 0 Å². The van der Waals surface area contributed by atoms with E-state index in [4.69, 9.17) is 4.74 Å².